The van der Waals surface area contributed by atoms with Crippen LogP contribution < -0.4 is 16.0 Å². The number of carbonyl (C=O) groups excluding carboxylic acids is 1. The van der Waals surface area contributed by atoms with Gasteiger partial charge in [0.2, 0.25) is 0 Å². The molecular weight excluding hydrogens is 515 g/mol. The summed E-state index contributed by atoms with van der Waals surface area (Å²) in [6, 6.07) is 14.3. The van der Waals surface area contributed by atoms with Crippen molar-refractivity contribution in [1.82, 2.24) is 16.0 Å². The van der Waals surface area contributed by atoms with Gasteiger partial charge in [-0.1, -0.05) is 24.3 Å². The number of carbonyl (C=O) groups is 1. The lowest BCUT2D eigenvalue weighted by Crippen LogP contribution is -2.38. The van der Waals surface area contributed by atoms with E-state index in [1.165, 1.54) is 6.26 Å². The average Bonchev–Trinajstić information content (AvgIpc) is 2.71. The normalized spacial score (nSPS) is 11.4. The van der Waals surface area contributed by atoms with Crippen molar-refractivity contribution in [2.75, 3.05) is 26.4 Å². The van der Waals surface area contributed by atoms with Crippen molar-refractivity contribution in [1.29, 1.82) is 0 Å². The fourth-order valence-corrected chi connectivity index (χ4v) is 3.32. The Morgan fingerprint density at radius 1 is 1.03 bits per heavy atom. The van der Waals surface area contributed by atoms with Crippen LogP contribution in [0.15, 0.2) is 58.4 Å². The topological polar surface area (TPSA) is 99.7 Å². The third-order valence-corrected chi connectivity index (χ3v) is 5.37. The molecule has 0 atom stereocenters. The number of nitrogens with zero attached hydrogens (tertiary/aromatic N) is 1. The van der Waals surface area contributed by atoms with Crippen molar-refractivity contribution in [3.05, 3.63) is 65.2 Å². The summed E-state index contributed by atoms with van der Waals surface area (Å²) in [6.07, 6.45) is 1.94. The van der Waals surface area contributed by atoms with E-state index in [1.54, 1.807) is 37.4 Å². The highest BCUT2D eigenvalue weighted by molar-refractivity contribution is 14.0. The lowest BCUT2D eigenvalue weighted by Gasteiger charge is -2.12. The van der Waals surface area contributed by atoms with Gasteiger partial charge in [0.1, 0.15) is 0 Å². The minimum absolute atomic E-state index is 0. The number of benzene rings is 2. The smallest absolute Gasteiger partial charge is 0.251 e. The molecule has 0 bridgehead atoms. The first-order valence-corrected chi connectivity index (χ1v) is 11.3. The number of rotatable bonds is 8. The standard InChI is InChI=1S/C21H28N4O3S.HI/c1-4-23-21(25-15-17-8-10-19(11-9-17)29(3,27)28)24-13-12-16-6-5-7-18(14-16)20(26)22-2;/h5-11,14H,4,12-13,15H2,1-3H3,(H,22,26)(H2,23,24,25);1H. The molecule has 3 N–H and O–H groups in total. The molecule has 2 aromatic rings. The summed E-state index contributed by atoms with van der Waals surface area (Å²) in [5.41, 5.74) is 2.63. The van der Waals surface area contributed by atoms with Crippen molar-refractivity contribution >= 4 is 45.7 Å². The van der Waals surface area contributed by atoms with Crippen molar-refractivity contribution in [2.24, 2.45) is 4.99 Å². The molecule has 30 heavy (non-hydrogen) atoms. The molecule has 0 unspecified atom stereocenters. The highest BCUT2D eigenvalue weighted by Crippen LogP contribution is 2.11. The van der Waals surface area contributed by atoms with E-state index in [4.69, 9.17) is 0 Å². The van der Waals surface area contributed by atoms with Gasteiger partial charge in [0, 0.05) is 32.0 Å². The van der Waals surface area contributed by atoms with Crippen LogP contribution in [0.5, 0.6) is 0 Å². The third-order valence-electron chi connectivity index (χ3n) is 4.24. The number of hydrogen-bond donors (Lipinski definition) is 3. The molecule has 0 aromatic heterocycles. The number of amides is 1. The zero-order valence-electron chi connectivity index (χ0n) is 17.4. The van der Waals surface area contributed by atoms with Crippen LogP contribution in [0.1, 0.15) is 28.4 Å². The number of nitrogens with one attached hydrogen (secondary N) is 3. The minimum atomic E-state index is -3.19. The van der Waals surface area contributed by atoms with Crippen LogP contribution in [0, 0.1) is 0 Å². The van der Waals surface area contributed by atoms with Gasteiger partial charge in [0.25, 0.3) is 5.91 Å². The van der Waals surface area contributed by atoms with E-state index in [9.17, 15) is 13.2 Å². The van der Waals surface area contributed by atoms with Gasteiger partial charge < -0.3 is 16.0 Å². The van der Waals surface area contributed by atoms with Gasteiger partial charge in [-0.2, -0.15) is 0 Å². The molecule has 0 radical (unpaired) electrons. The molecule has 0 aliphatic rings. The van der Waals surface area contributed by atoms with Crippen LogP contribution in [0.3, 0.4) is 0 Å². The van der Waals surface area contributed by atoms with E-state index >= 15 is 0 Å². The molecule has 7 nitrogen and oxygen atoms in total. The molecule has 0 aliphatic heterocycles. The lowest BCUT2D eigenvalue weighted by molar-refractivity contribution is 0.0963. The lowest BCUT2D eigenvalue weighted by atomic mass is 10.1. The van der Waals surface area contributed by atoms with E-state index in [2.05, 4.69) is 20.9 Å². The quantitative estimate of drug-likeness (QED) is 0.269. The Kier molecular flexibility index (Phi) is 10.8. The van der Waals surface area contributed by atoms with E-state index in [0.29, 0.717) is 29.5 Å². The van der Waals surface area contributed by atoms with Gasteiger partial charge in [0.05, 0.1) is 11.4 Å². The molecule has 9 heteroatoms. The Hall–Kier alpha value is -2.14. The van der Waals surface area contributed by atoms with Crippen molar-refractivity contribution < 1.29 is 13.2 Å². The SMILES string of the molecule is CCNC(=NCc1ccc(S(C)(=O)=O)cc1)NCCc1cccc(C(=O)NC)c1.I. The molecule has 0 saturated carbocycles. The molecule has 0 saturated heterocycles. The zero-order chi connectivity index (χ0) is 21.3. The first-order valence-electron chi connectivity index (χ1n) is 9.45. The second-order valence-corrected chi connectivity index (χ2v) is 8.58. The highest BCUT2D eigenvalue weighted by Gasteiger charge is 2.06. The molecule has 0 spiro atoms. The van der Waals surface area contributed by atoms with Gasteiger partial charge in [-0.3, -0.25) is 4.79 Å². The molecule has 164 valence electrons. The van der Waals surface area contributed by atoms with Gasteiger partial charge in [0.15, 0.2) is 15.8 Å². The molecule has 0 aliphatic carbocycles. The van der Waals surface area contributed by atoms with Crippen LogP contribution in [0.2, 0.25) is 0 Å². The maximum absolute atomic E-state index is 11.7. The maximum atomic E-state index is 11.7. The Balaban J connectivity index is 0.00000450. The van der Waals surface area contributed by atoms with Crippen LogP contribution >= 0.6 is 24.0 Å². The number of guanidine groups is 1. The van der Waals surface area contributed by atoms with E-state index in [-0.39, 0.29) is 29.9 Å². The summed E-state index contributed by atoms with van der Waals surface area (Å²) in [5, 5.41) is 9.10. The third kappa shape index (κ3) is 8.31. The number of aliphatic imine (C=N–C) groups is 1. The highest BCUT2D eigenvalue weighted by atomic mass is 127. The number of sulfone groups is 1. The summed E-state index contributed by atoms with van der Waals surface area (Å²) >= 11 is 0. The molecule has 0 heterocycles. The van der Waals surface area contributed by atoms with Crippen molar-refractivity contribution in [3.8, 4) is 0 Å². The minimum Gasteiger partial charge on any atom is -0.357 e. The van der Waals surface area contributed by atoms with Gasteiger partial charge in [-0.25, -0.2) is 13.4 Å². The summed E-state index contributed by atoms with van der Waals surface area (Å²) < 4.78 is 23.1. The predicted molar refractivity (Wildman–Crippen MR) is 131 cm³/mol. The molecule has 0 fully saturated rings. The average molecular weight is 544 g/mol. The second kappa shape index (κ2) is 12.5. The van der Waals surface area contributed by atoms with E-state index < -0.39 is 9.84 Å². The fraction of sp³-hybridized carbons (Fsp3) is 0.333. The van der Waals surface area contributed by atoms with Crippen LogP contribution in [-0.2, 0) is 22.8 Å². The van der Waals surface area contributed by atoms with Gasteiger partial charge in [-0.05, 0) is 48.7 Å². The predicted octanol–water partition coefficient (Wildman–Crippen LogP) is 2.37. The van der Waals surface area contributed by atoms with Gasteiger partial charge >= 0.3 is 0 Å². The Labute approximate surface area is 195 Å². The van der Waals surface area contributed by atoms with E-state index in [0.717, 1.165) is 24.1 Å². The van der Waals surface area contributed by atoms with Crippen molar-refractivity contribution in [2.45, 2.75) is 24.8 Å². The van der Waals surface area contributed by atoms with Gasteiger partial charge in [-0.15, -0.1) is 24.0 Å². The largest absolute Gasteiger partial charge is 0.357 e. The summed E-state index contributed by atoms with van der Waals surface area (Å²) in [6.45, 7) is 3.82. The monoisotopic (exact) mass is 544 g/mol. The van der Waals surface area contributed by atoms with Crippen LogP contribution in [0.25, 0.3) is 0 Å². The zero-order valence-corrected chi connectivity index (χ0v) is 20.6. The molecule has 2 aromatic carbocycles. The summed E-state index contributed by atoms with van der Waals surface area (Å²) in [5.74, 6) is 0.582. The Bertz CT molecular complexity index is 960. The molecule has 2 rings (SSSR count). The fourth-order valence-electron chi connectivity index (χ4n) is 2.69. The summed E-state index contributed by atoms with van der Waals surface area (Å²) in [4.78, 5) is 16.6. The molecule has 1 amide bonds. The number of halogens is 1. The first-order chi connectivity index (χ1) is 13.8. The van der Waals surface area contributed by atoms with Crippen LogP contribution in [-0.4, -0.2) is 46.7 Å². The molecular formula is C21H29IN4O3S. The Morgan fingerprint density at radius 2 is 1.73 bits per heavy atom. The van der Waals surface area contributed by atoms with Crippen molar-refractivity contribution in [3.63, 3.8) is 0 Å². The van der Waals surface area contributed by atoms with Crippen LogP contribution in [0.4, 0.5) is 0 Å². The second-order valence-electron chi connectivity index (χ2n) is 6.57. The van der Waals surface area contributed by atoms with E-state index in [1.807, 2.05) is 25.1 Å². The Morgan fingerprint density at radius 3 is 2.33 bits per heavy atom. The maximum Gasteiger partial charge on any atom is 0.251 e. The number of hydrogen-bond acceptors (Lipinski definition) is 4. The summed E-state index contributed by atoms with van der Waals surface area (Å²) in [7, 11) is -1.58. The first kappa shape index (κ1) is 25.9.